The minimum atomic E-state index is -0.722. The van der Waals surface area contributed by atoms with E-state index in [9.17, 15) is 9.59 Å². The van der Waals surface area contributed by atoms with Crippen molar-refractivity contribution in [3.05, 3.63) is 35.1 Å². The molecule has 0 atom stereocenters. The fourth-order valence-electron chi connectivity index (χ4n) is 2.00. The summed E-state index contributed by atoms with van der Waals surface area (Å²) in [4.78, 5) is 32.3. The zero-order valence-corrected chi connectivity index (χ0v) is 12.7. The molecule has 0 saturated carbocycles. The Morgan fingerprint density at radius 2 is 2.09 bits per heavy atom. The van der Waals surface area contributed by atoms with Crippen molar-refractivity contribution in [1.82, 2.24) is 9.97 Å². The number of hydrogen-bond acceptors (Lipinski definition) is 6. The maximum atomic E-state index is 12.3. The van der Waals surface area contributed by atoms with E-state index in [2.05, 4.69) is 15.3 Å². The number of aryl methyl sites for hydroxylation is 1. The Kier molecular flexibility index (Phi) is 3.98. The largest absolute Gasteiger partial charge is 0.454 e. The molecule has 1 aliphatic rings. The lowest BCUT2D eigenvalue weighted by atomic mass is 10.2. The van der Waals surface area contributed by atoms with Gasteiger partial charge in [0.05, 0.1) is 5.69 Å². The second-order valence-electron chi connectivity index (χ2n) is 4.60. The summed E-state index contributed by atoms with van der Waals surface area (Å²) in [5.74, 6) is 1.01. The Morgan fingerprint density at radius 3 is 2.83 bits per heavy atom. The van der Waals surface area contributed by atoms with Gasteiger partial charge in [0.25, 0.3) is 0 Å². The Labute approximate surface area is 136 Å². The number of benzene rings is 1. The topological polar surface area (TPSA) is 93.7 Å². The SMILES string of the molecule is Cc1cc(Cl)nc(NC(=O)N(C=O)c2ccc3c(c2)OCO3)n1. The standard InChI is InChI=1S/C14H11ClN4O4/c1-8-4-12(15)17-13(16-8)18-14(21)19(6-20)9-2-3-10-11(5-9)23-7-22-10/h2-6H,7H2,1H3,(H,16,17,18,21). The van der Waals surface area contributed by atoms with Crippen molar-refractivity contribution < 1.29 is 19.1 Å². The van der Waals surface area contributed by atoms with Gasteiger partial charge in [0.1, 0.15) is 5.15 Å². The fraction of sp³-hybridized carbons (Fsp3) is 0.143. The predicted octanol–water partition coefficient (Wildman–Crippen LogP) is 2.36. The predicted molar refractivity (Wildman–Crippen MR) is 81.9 cm³/mol. The summed E-state index contributed by atoms with van der Waals surface area (Å²) in [6.07, 6.45) is 0.379. The highest BCUT2D eigenvalue weighted by Crippen LogP contribution is 2.35. The van der Waals surface area contributed by atoms with Crippen molar-refractivity contribution in [1.29, 1.82) is 0 Å². The minimum absolute atomic E-state index is 0.00703. The number of carbonyl (C=O) groups is 2. The zero-order valence-electron chi connectivity index (χ0n) is 11.9. The van der Waals surface area contributed by atoms with Gasteiger partial charge in [-0.05, 0) is 25.1 Å². The molecule has 3 amide bonds. The van der Waals surface area contributed by atoms with Gasteiger partial charge in [-0.3, -0.25) is 10.1 Å². The average molecular weight is 335 g/mol. The molecule has 118 valence electrons. The summed E-state index contributed by atoms with van der Waals surface area (Å²) in [5, 5.41) is 2.61. The molecule has 1 N–H and O–H groups in total. The first-order valence-electron chi connectivity index (χ1n) is 6.53. The van der Waals surface area contributed by atoms with Crippen LogP contribution in [-0.2, 0) is 4.79 Å². The highest BCUT2D eigenvalue weighted by Gasteiger charge is 2.20. The van der Waals surface area contributed by atoms with Gasteiger partial charge in [-0.2, -0.15) is 0 Å². The second-order valence-corrected chi connectivity index (χ2v) is 4.99. The molecule has 0 bridgehead atoms. The Bertz CT molecular complexity index is 763. The first-order valence-corrected chi connectivity index (χ1v) is 6.91. The van der Waals surface area contributed by atoms with Gasteiger partial charge in [0.2, 0.25) is 19.2 Å². The number of halogens is 1. The van der Waals surface area contributed by atoms with E-state index in [1.165, 1.54) is 6.07 Å². The van der Waals surface area contributed by atoms with Crippen LogP contribution in [0, 0.1) is 6.92 Å². The van der Waals surface area contributed by atoms with Crippen molar-refractivity contribution in [3.63, 3.8) is 0 Å². The normalized spacial score (nSPS) is 11.9. The summed E-state index contributed by atoms with van der Waals surface area (Å²) >= 11 is 5.81. The molecule has 8 nitrogen and oxygen atoms in total. The fourth-order valence-corrected chi connectivity index (χ4v) is 2.24. The van der Waals surface area contributed by atoms with Crippen molar-refractivity contribution in [3.8, 4) is 11.5 Å². The molecule has 9 heteroatoms. The summed E-state index contributed by atoms with van der Waals surface area (Å²) in [5.41, 5.74) is 0.904. The third-order valence-electron chi connectivity index (χ3n) is 3.00. The number of nitrogens with zero attached hydrogens (tertiary/aromatic N) is 3. The van der Waals surface area contributed by atoms with E-state index >= 15 is 0 Å². The molecule has 0 unspecified atom stereocenters. The number of urea groups is 1. The molecule has 0 saturated heterocycles. The summed E-state index contributed by atoms with van der Waals surface area (Å²) in [7, 11) is 0. The minimum Gasteiger partial charge on any atom is -0.454 e. The van der Waals surface area contributed by atoms with Crippen molar-refractivity contribution in [2.45, 2.75) is 6.92 Å². The molecular formula is C14H11ClN4O4. The van der Waals surface area contributed by atoms with Crippen LogP contribution in [0.3, 0.4) is 0 Å². The highest BCUT2D eigenvalue weighted by atomic mass is 35.5. The van der Waals surface area contributed by atoms with Gasteiger partial charge in [-0.15, -0.1) is 0 Å². The van der Waals surface area contributed by atoms with Gasteiger partial charge in [-0.25, -0.2) is 19.7 Å². The maximum absolute atomic E-state index is 12.3. The molecule has 0 fully saturated rings. The molecule has 2 aromatic rings. The maximum Gasteiger partial charge on any atom is 0.335 e. The molecule has 0 aliphatic carbocycles. The lowest BCUT2D eigenvalue weighted by Crippen LogP contribution is -2.34. The summed E-state index contributed by atoms with van der Waals surface area (Å²) < 4.78 is 10.4. The molecular weight excluding hydrogens is 324 g/mol. The van der Waals surface area contributed by atoms with Crippen LogP contribution in [-0.4, -0.2) is 29.2 Å². The number of nitrogens with one attached hydrogen (secondary N) is 1. The quantitative estimate of drug-likeness (QED) is 0.684. The van der Waals surface area contributed by atoms with E-state index in [1.807, 2.05) is 0 Å². The van der Waals surface area contributed by atoms with Crippen molar-refractivity contribution in [2.75, 3.05) is 17.0 Å². The second kappa shape index (κ2) is 6.09. The number of rotatable bonds is 3. The number of aromatic nitrogens is 2. The first kappa shape index (κ1) is 15.0. The van der Waals surface area contributed by atoms with Gasteiger partial charge in [0, 0.05) is 11.8 Å². The number of carbonyl (C=O) groups excluding carboxylic acids is 2. The van der Waals surface area contributed by atoms with Crippen LogP contribution in [0.25, 0.3) is 0 Å². The van der Waals surface area contributed by atoms with Gasteiger partial charge in [0.15, 0.2) is 11.5 Å². The third-order valence-corrected chi connectivity index (χ3v) is 3.19. The van der Waals surface area contributed by atoms with Crippen molar-refractivity contribution >= 4 is 35.7 Å². The Balaban J connectivity index is 1.82. The van der Waals surface area contributed by atoms with Gasteiger partial charge < -0.3 is 9.47 Å². The zero-order chi connectivity index (χ0) is 16.4. The van der Waals surface area contributed by atoms with Crippen LogP contribution in [0.4, 0.5) is 16.4 Å². The van der Waals surface area contributed by atoms with Crippen LogP contribution in [0.1, 0.15) is 5.69 Å². The Morgan fingerprint density at radius 1 is 1.30 bits per heavy atom. The van der Waals surface area contributed by atoms with E-state index in [0.717, 1.165) is 4.90 Å². The molecule has 0 radical (unpaired) electrons. The van der Waals surface area contributed by atoms with Crippen molar-refractivity contribution in [2.24, 2.45) is 0 Å². The number of fused-ring (bicyclic) bond motifs is 1. The first-order chi connectivity index (χ1) is 11.1. The van der Waals surface area contributed by atoms with E-state index < -0.39 is 6.03 Å². The Hall–Kier alpha value is -2.87. The highest BCUT2D eigenvalue weighted by molar-refractivity contribution is 6.29. The third kappa shape index (κ3) is 3.16. The molecule has 23 heavy (non-hydrogen) atoms. The number of anilines is 2. The molecule has 3 rings (SSSR count). The molecule has 0 spiro atoms. The average Bonchev–Trinajstić information content (AvgIpc) is 2.94. The summed E-state index contributed by atoms with van der Waals surface area (Å²) in [6, 6.07) is 5.53. The van der Waals surface area contributed by atoms with Gasteiger partial charge in [-0.1, -0.05) is 11.6 Å². The summed E-state index contributed by atoms with van der Waals surface area (Å²) in [6.45, 7) is 1.81. The number of amides is 3. The molecule has 1 aliphatic heterocycles. The van der Waals surface area contributed by atoms with E-state index in [-0.39, 0.29) is 17.9 Å². The van der Waals surface area contributed by atoms with Gasteiger partial charge >= 0.3 is 6.03 Å². The number of hydrogen-bond donors (Lipinski definition) is 1. The van der Waals surface area contributed by atoms with E-state index in [1.54, 1.807) is 25.1 Å². The number of ether oxygens (including phenoxy) is 2. The van der Waals surface area contributed by atoms with Crippen LogP contribution in [0.2, 0.25) is 5.15 Å². The van der Waals surface area contributed by atoms with E-state index in [4.69, 9.17) is 21.1 Å². The monoisotopic (exact) mass is 334 g/mol. The smallest absolute Gasteiger partial charge is 0.335 e. The molecule has 1 aromatic carbocycles. The lowest BCUT2D eigenvalue weighted by Gasteiger charge is -2.16. The lowest BCUT2D eigenvalue weighted by molar-refractivity contribution is -0.106. The number of imide groups is 1. The van der Waals surface area contributed by atoms with Crippen LogP contribution >= 0.6 is 11.6 Å². The molecule has 1 aromatic heterocycles. The van der Waals surface area contributed by atoms with E-state index in [0.29, 0.717) is 29.3 Å². The van der Waals surface area contributed by atoms with Crippen LogP contribution < -0.4 is 19.7 Å². The van der Waals surface area contributed by atoms with Crippen LogP contribution in [0.5, 0.6) is 11.5 Å². The molecule has 2 heterocycles. The van der Waals surface area contributed by atoms with Crippen LogP contribution in [0.15, 0.2) is 24.3 Å².